The molecule has 0 aliphatic rings. The number of benzene rings is 2. The van der Waals surface area contributed by atoms with Gasteiger partial charge in [0.2, 0.25) is 0 Å². The Morgan fingerprint density at radius 3 is 2.29 bits per heavy atom. The van der Waals surface area contributed by atoms with E-state index in [0.717, 1.165) is 23.9 Å². The summed E-state index contributed by atoms with van der Waals surface area (Å²) in [4.78, 5) is 0. The fourth-order valence-corrected chi connectivity index (χ4v) is 3.23. The van der Waals surface area contributed by atoms with Crippen molar-refractivity contribution >= 4 is 15.9 Å². The van der Waals surface area contributed by atoms with Crippen LogP contribution in [0.25, 0.3) is 0 Å². The van der Waals surface area contributed by atoms with Gasteiger partial charge >= 0.3 is 0 Å². The number of hydrogen-bond donors (Lipinski definition) is 0. The SMILES string of the molecule is COc1cccc(CC(CBr)Cc2c(C)cccc2C)c1. The van der Waals surface area contributed by atoms with Crippen molar-refractivity contribution in [2.75, 3.05) is 12.4 Å². The number of hydrogen-bond acceptors (Lipinski definition) is 1. The number of ether oxygens (including phenoxy) is 1. The van der Waals surface area contributed by atoms with Gasteiger partial charge in [-0.25, -0.2) is 0 Å². The lowest BCUT2D eigenvalue weighted by molar-refractivity contribution is 0.414. The molecule has 1 unspecified atom stereocenters. The van der Waals surface area contributed by atoms with Gasteiger partial charge in [0, 0.05) is 5.33 Å². The van der Waals surface area contributed by atoms with E-state index >= 15 is 0 Å². The van der Waals surface area contributed by atoms with E-state index in [9.17, 15) is 0 Å². The minimum Gasteiger partial charge on any atom is -0.497 e. The van der Waals surface area contributed by atoms with Crippen molar-refractivity contribution in [3.63, 3.8) is 0 Å². The lowest BCUT2D eigenvalue weighted by atomic mass is 9.90. The first-order valence-electron chi connectivity index (χ1n) is 7.38. The summed E-state index contributed by atoms with van der Waals surface area (Å²) in [5, 5.41) is 1.01. The van der Waals surface area contributed by atoms with Crippen LogP contribution < -0.4 is 4.74 Å². The van der Waals surface area contributed by atoms with Gasteiger partial charge in [0.05, 0.1) is 7.11 Å². The van der Waals surface area contributed by atoms with Gasteiger partial charge in [-0.1, -0.05) is 46.3 Å². The van der Waals surface area contributed by atoms with Gasteiger partial charge in [0.1, 0.15) is 5.75 Å². The van der Waals surface area contributed by atoms with E-state index in [2.05, 4.69) is 66.2 Å². The summed E-state index contributed by atoms with van der Waals surface area (Å²) < 4.78 is 5.31. The van der Waals surface area contributed by atoms with Crippen molar-refractivity contribution in [1.29, 1.82) is 0 Å². The molecule has 21 heavy (non-hydrogen) atoms. The van der Waals surface area contributed by atoms with Crippen molar-refractivity contribution in [3.8, 4) is 5.75 Å². The summed E-state index contributed by atoms with van der Waals surface area (Å²) >= 11 is 3.68. The third-order valence-corrected chi connectivity index (χ3v) is 4.93. The highest BCUT2D eigenvalue weighted by atomic mass is 79.9. The molecule has 0 aromatic heterocycles. The van der Waals surface area contributed by atoms with Gasteiger partial charge in [-0.15, -0.1) is 0 Å². The van der Waals surface area contributed by atoms with E-state index in [-0.39, 0.29) is 0 Å². The van der Waals surface area contributed by atoms with E-state index in [1.54, 1.807) is 7.11 Å². The minimum atomic E-state index is 0.594. The minimum absolute atomic E-state index is 0.594. The van der Waals surface area contributed by atoms with Crippen LogP contribution in [0.15, 0.2) is 42.5 Å². The summed E-state index contributed by atoms with van der Waals surface area (Å²) in [6.07, 6.45) is 2.18. The number of aryl methyl sites for hydroxylation is 2. The molecule has 0 aliphatic carbocycles. The maximum absolute atomic E-state index is 5.31. The first-order valence-corrected chi connectivity index (χ1v) is 8.50. The van der Waals surface area contributed by atoms with Crippen molar-refractivity contribution in [2.45, 2.75) is 26.7 Å². The fourth-order valence-electron chi connectivity index (χ4n) is 2.77. The van der Waals surface area contributed by atoms with E-state index < -0.39 is 0 Å². The van der Waals surface area contributed by atoms with Crippen LogP contribution in [0.2, 0.25) is 0 Å². The molecule has 0 amide bonds. The Morgan fingerprint density at radius 1 is 1.00 bits per heavy atom. The molecular weight excluding hydrogens is 324 g/mol. The molecule has 0 saturated carbocycles. The highest BCUT2D eigenvalue weighted by Crippen LogP contribution is 2.23. The Labute approximate surface area is 136 Å². The molecule has 0 radical (unpaired) electrons. The Bertz CT molecular complexity index is 572. The molecule has 0 saturated heterocycles. The van der Waals surface area contributed by atoms with Crippen LogP contribution in [-0.2, 0) is 12.8 Å². The van der Waals surface area contributed by atoms with Gasteiger partial charge in [0.25, 0.3) is 0 Å². The van der Waals surface area contributed by atoms with Gasteiger partial charge in [-0.05, 0) is 67.0 Å². The average Bonchev–Trinajstić information content (AvgIpc) is 2.50. The Kier molecular flexibility index (Phi) is 5.86. The van der Waals surface area contributed by atoms with Gasteiger partial charge in [-0.3, -0.25) is 0 Å². The molecule has 1 atom stereocenters. The maximum atomic E-state index is 5.31. The number of alkyl halides is 1. The lowest BCUT2D eigenvalue weighted by Crippen LogP contribution is -2.12. The molecule has 0 aliphatic heterocycles. The van der Waals surface area contributed by atoms with Gasteiger partial charge in [-0.2, -0.15) is 0 Å². The Balaban J connectivity index is 2.13. The third-order valence-electron chi connectivity index (χ3n) is 4.01. The number of rotatable bonds is 6. The predicted molar refractivity (Wildman–Crippen MR) is 93.6 cm³/mol. The molecule has 2 heteroatoms. The van der Waals surface area contributed by atoms with Crippen molar-refractivity contribution < 1.29 is 4.74 Å². The smallest absolute Gasteiger partial charge is 0.119 e. The van der Waals surface area contributed by atoms with Crippen LogP contribution >= 0.6 is 15.9 Å². The standard InChI is InChI=1S/C19H23BrO/c1-14-6-4-7-15(2)19(14)12-17(13-20)10-16-8-5-9-18(11-16)21-3/h4-9,11,17H,10,12-13H2,1-3H3. The van der Waals surface area contributed by atoms with Crippen LogP contribution in [0.5, 0.6) is 5.75 Å². The lowest BCUT2D eigenvalue weighted by Gasteiger charge is -2.18. The molecule has 2 aromatic carbocycles. The van der Waals surface area contributed by atoms with E-state index in [1.165, 1.54) is 22.3 Å². The molecule has 0 spiro atoms. The molecule has 2 rings (SSSR count). The summed E-state index contributed by atoms with van der Waals surface area (Å²) in [5.74, 6) is 1.53. The third kappa shape index (κ3) is 4.34. The van der Waals surface area contributed by atoms with E-state index in [4.69, 9.17) is 4.74 Å². The average molecular weight is 347 g/mol. The topological polar surface area (TPSA) is 9.23 Å². The molecule has 0 N–H and O–H groups in total. The molecular formula is C19H23BrO. The summed E-state index contributed by atoms with van der Waals surface area (Å²) in [5.41, 5.74) is 5.62. The number of halogens is 1. The summed E-state index contributed by atoms with van der Waals surface area (Å²) in [7, 11) is 1.72. The Morgan fingerprint density at radius 2 is 1.67 bits per heavy atom. The molecule has 0 bridgehead atoms. The first-order chi connectivity index (χ1) is 10.1. The molecule has 112 valence electrons. The molecule has 1 nitrogen and oxygen atoms in total. The summed E-state index contributed by atoms with van der Waals surface area (Å²) in [6.45, 7) is 4.42. The highest BCUT2D eigenvalue weighted by molar-refractivity contribution is 9.09. The second-order valence-corrected chi connectivity index (χ2v) is 6.30. The normalized spacial score (nSPS) is 12.2. The zero-order chi connectivity index (χ0) is 15.2. The highest BCUT2D eigenvalue weighted by Gasteiger charge is 2.13. The van der Waals surface area contributed by atoms with Crippen LogP contribution in [0.1, 0.15) is 22.3 Å². The van der Waals surface area contributed by atoms with Crippen LogP contribution in [0.3, 0.4) is 0 Å². The van der Waals surface area contributed by atoms with Crippen molar-refractivity contribution in [3.05, 3.63) is 64.7 Å². The van der Waals surface area contributed by atoms with E-state index in [1.807, 2.05) is 6.07 Å². The fraction of sp³-hybridized carbons (Fsp3) is 0.368. The van der Waals surface area contributed by atoms with Crippen LogP contribution in [0.4, 0.5) is 0 Å². The Hall–Kier alpha value is -1.28. The molecule has 0 heterocycles. The molecule has 0 fully saturated rings. The van der Waals surface area contributed by atoms with Crippen LogP contribution in [0, 0.1) is 19.8 Å². The van der Waals surface area contributed by atoms with Crippen LogP contribution in [-0.4, -0.2) is 12.4 Å². The zero-order valence-corrected chi connectivity index (χ0v) is 14.6. The second-order valence-electron chi connectivity index (χ2n) is 5.65. The predicted octanol–water partition coefficient (Wildman–Crippen LogP) is 5.11. The maximum Gasteiger partial charge on any atom is 0.119 e. The second kappa shape index (κ2) is 7.65. The van der Waals surface area contributed by atoms with Crippen molar-refractivity contribution in [1.82, 2.24) is 0 Å². The monoisotopic (exact) mass is 346 g/mol. The quantitative estimate of drug-likeness (QED) is 0.660. The van der Waals surface area contributed by atoms with Gasteiger partial charge in [0.15, 0.2) is 0 Å². The van der Waals surface area contributed by atoms with Gasteiger partial charge < -0.3 is 4.74 Å². The summed E-state index contributed by atoms with van der Waals surface area (Å²) in [6, 6.07) is 14.9. The largest absolute Gasteiger partial charge is 0.497 e. The first kappa shape index (κ1) is 16.1. The zero-order valence-electron chi connectivity index (χ0n) is 13.0. The van der Waals surface area contributed by atoms with Crippen molar-refractivity contribution in [2.24, 2.45) is 5.92 Å². The molecule has 2 aromatic rings. The van der Waals surface area contributed by atoms with E-state index in [0.29, 0.717) is 5.92 Å². The number of methoxy groups -OCH3 is 1.